The Morgan fingerprint density at radius 2 is 1.90 bits per heavy atom. The summed E-state index contributed by atoms with van der Waals surface area (Å²) < 4.78 is 13.2. The van der Waals surface area contributed by atoms with Crippen molar-refractivity contribution in [3.05, 3.63) is 81.4 Å². The van der Waals surface area contributed by atoms with Crippen LogP contribution in [-0.2, 0) is 19.5 Å². The SMILES string of the molecule is O=c1[nH]c(C2=NCCCC2)nc2c1CN(Cc1cccc(-c3ccc(F)cc3)n1)CC2. The van der Waals surface area contributed by atoms with E-state index in [4.69, 9.17) is 9.97 Å². The molecule has 31 heavy (non-hydrogen) atoms. The molecular formula is C24H24FN5O. The van der Waals surface area contributed by atoms with E-state index in [1.807, 2.05) is 18.2 Å². The van der Waals surface area contributed by atoms with Crippen LogP contribution in [0.3, 0.4) is 0 Å². The molecule has 158 valence electrons. The standard InChI is InChI=1S/C24H24FN5O/c25-17-9-7-16(8-10-17)20-6-3-4-18(27-20)14-30-13-11-21-19(15-30)24(31)29-23(28-21)22-5-1-2-12-26-22/h3-4,6-10H,1-2,5,11-15H2,(H,28,29,31). The molecule has 4 heterocycles. The minimum absolute atomic E-state index is 0.0639. The highest BCUT2D eigenvalue weighted by Gasteiger charge is 2.23. The average Bonchev–Trinajstić information content (AvgIpc) is 2.81. The molecule has 0 aliphatic carbocycles. The maximum Gasteiger partial charge on any atom is 0.255 e. The predicted molar refractivity (Wildman–Crippen MR) is 118 cm³/mol. The fraction of sp³-hybridized carbons (Fsp3) is 0.333. The normalized spacial score (nSPS) is 16.6. The molecular weight excluding hydrogens is 393 g/mol. The average molecular weight is 417 g/mol. The van der Waals surface area contributed by atoms with Crippen molar-refractivity contribution in [3.8, 4) is 11.3 Å². The summed E-state index contributed by atoms with van der Waals surface area (Å²) in [5.74, 6) is 0.384. The van der Waals surface area contributed by atoms with E-state index in [2.05, 4.69) is 14.9 Å². The van der Waals surface area contributed by atoms with Crippen LogP contribution in [0.1, 0.15) is 42.0 Å². The van der Waals surface area contributed by atoms with Gasteiger partial charge in [-0.15, -0.1) is 0 Å². The Morgan fingerprint density at radius 1 is 1.03 bits per heavy atom. The van der Waals surface area contributed by atoms with E-state index in [0.717, 1.165) is 72.7 Å². The molecule has 2 aromatic heterocycles. The van der Waals surface area contributed by atoms with Crippen molar-refractivity contribution >= 4 is 5.71 Å². The molecule has 6 nitrogen and oxygen atoms in total. The van der Waals surface area contributed by atoms with Gasteiger partial charge in [0.1, 0.15) is 5.82 Å². The first-order valence-corrected chi connectivity index (χ1v) is 10.8. The van der Waals surface area contributed by atoms with E-state index in [0.29, 0.717) is 18.9 Å². The van der Waals surface area contributed by atoms with Gasteiger partial charge in [0, 0.05) is 38.2 Å². The number of halogens is 1. The molecule has 0 amide bonds. The van der Waals surface area contributed by atoms with Crippen molar-refractivity contribution in [1.29, 1.82) is 0 Å². The quantitative estimate of drug-likeness (QED) is 0.705. The van der Waals surface area contributed by atoms with E-state index in [1.54, 1.807) is 12.1 Å². The minimum Gasteiger partial charge on any atom is -0.305 e. The lowest BCUT2D eigenvalue weighted by molar-refractivity contribution is 0.239. The summed E-state index contributed by atoms with van der Waals surface area (Å²) in [5.41, 5.74) is 5.10. The van der Waals surface area contributed by atoms with Crippen LogP contribution in [0.2, 0.25) is 0 Å². The zero-order valence-electron chi connectivity index (χ0n) is 17.3. The zero-order chi connectivity index (χ0) is 21.2. The van der Waals surface area contributed by atoms with Gasteiger partial charge in [0.15, 0.2) is 5.82 Å². The molecule has 7 heteroatoms. The van der Waals surface area contributed by atoms with E-state index in [-0.39, 0.29) is 11.4 Å². The number of fused-ring (bicyclic) bond motifs is 1. The summed E-state index contributed by atoms with van der Waals surface area (Å²) in [4.78, 5) is 32.0. The lowest BCUT2D eigenvalue weighted by Gasteiger charge is -2.27. The summed E-state index contributed by atoms with van der Waals surface area (Å²) >= 11 is 0. The van der Waals surface area contributed by atoms with Crippen molar-refractivity contribution in [1.82, 2.24) is 19.9 Å². The Hall–Kier alpha value is -3.19. The Bertz CT molecular complexity index is 1190. The molecule has 0 bridgehead atoms. The molecule has 5 rings (SSSR count). The molecule has 0 fully saturated rings. The fourth-order valence-corrected chi connectivity index (χ4v) is 4.22. The maximum atomic E-state index is 13.2. The van der Waals surface area contributed by atoms with Gasteiger partial charge in [-0.1, -0.05) is 6.07 Å². The highest BCUT2D eigenvalue weighted by molar-refractivity contribution is 5.97. The van der Waals surface area contributed by atoms with E-state index in [9.17, 15) is 9.18 Å². The van der Waals surface area contributed by atoms with Crippen LogP contribution in [0, 0.1) is 5.82 Å². The number of H-pyrrole nitrogens is 1. The van der Waals surface area contributed by atoms with Crippen LogP contribution in [0.5, 0.6) is 0 Å². The van der Waals surface area contributed by atoms with E-state index < -0.39 is 0 Å². The molecule has 2 aliphatic rings. The van der Waals surface area contributed by atoms with Crippen molar-refractivity contribution in [3.63, 3.8) is 0 Å². The summed E-state index contributed by atoms with van der Waals surface area (Å²) in [6.07, 6.45) is 3.81. The van der Waals surface area contributed by atoms with Gasteiger partial charge < -0.3 is 4.98 Å². The van der Waals surface area contributed by atoms with Crippen molar-refractivity contribution in [2.45, 2.75) is 38.8 Å². The van der Waals surface area contributed by atoms with Gasteiger partial charge in [0.2, 0.25) is 0 Å². The molecule has 0 unspecified atom stereocenters. The number of aliphatic imine (C=N–C) groups is 1. The number of pyridine rings is 1. The lowest BCUT2D eigenvalue weighted by atomic mass is 10.0. The Labute approximate surface area is 179 Å². The predicted octanol–water partition coefficient (Wildman–Crippen LogP) is 3.50. The van der Waals surface area contributed by atoms with Crippen LogP contribution in [0.25, 0.3) is 11.3 Å². The highest BCUT2D eigenvalue weighted by atomic mass is 19.1. The van der Waals surface area contributed by atoms with Crippen molar-refractivity contribution in [2.75, 3.05) is 13.1 Å². The Morgan fingerprint density at radius 3 is 2.71 bits per heavy atom. The van der Waals surface area contributed by atoms with Crippen LogP contribution in [0.15, 0.2) is 52.3 Å². The number of hydrogen-bond acceptors (Lipinski definition) is 5. The monoisotopic (exact) mass is 417 g/mol. The van der Waals surface area contributed by atoms with E-state index >= 15 is 0 Å². The zero-order valence-corrected chi connectivity index (χ0v) is 17.3. The summed E-state index contributed by atoms with van der Waals surface area (Å²) in [6.45, 7) is 2.82. The molecule has 3 aromatic rings. The van der Waals surface area contributed by atoms with Crippen LogP contribution >= 0.6 is 0 Å². The summed E-state index contributed by atoms with van der Waals surface area (Å²) in [5, 5.41) is 0. The van der Waals surface area contributed by atoms with E-state index in [1.165, 1.54) is 12.1 Å². The van der Waals surface area contributed by atoms with Crippen LogP contribution < -0.4 is 5.56 Å². The summed E-state index contributed by atoms with van der Waals surface area (Å²) in [7, 11) is 0. The first-order valence-electron chi connectivity index (χ1n) is 10.8. The second-order valence-electron chi connectivity index (χ2n) is 8.11. The second kappa shape index (κ2) is 8.51. The smallest absolute Gasteiger partial charge is 0.255 e. The molecule has 0 spiro atoms. The minimum atomic E-state index is -0.260. The first kappa shape index (κ1) is 19.8. The van der Waals surface area contributed by atoms with Crippen molar-refractivity contribution in [2.24, 2.45) is 4.99 Å². The molecule has 0 saturated carbocycles. The third-order valence-electron chi connectivity index (χ3n) is 5.88. The van der Waals surface area contributed by atoms with Gasteiger partial charge in [-0.2, -0.15) is 0 Å². The number of hydrogen-bond donors (Lipinski definition) is 1. The molecule has 0 atom stereocenters. The summed E-state index contributed by atoms with van der Waals surface area (Å²) in [6, 6.07) is 12.2. The first-order chi connectivity index (χ1) is 15.2. The molecule has 1 N–H and O–H groups in total. The number of rotatable bonds is 4. The van der Waals surface area contributed by atoms with Crippen LogP contribution in [0.4, 0.5) is 4.39 Å². The number of benzene rings is 1. The second-order valence-corrected chi connectivity index (χ2v) is 8.11. The van der Waals surface area contributed by atoms with Gasteiger partial charge in [-0.05, 0) is 55.7 Å². The number of aromatic nitrogens is 3. The topological polar surface area (TPSA) is 74.2 Å². The van der Waals surface area contributed by atoms with Gasteiger partial charge >= 0.3 is 0 Å². The number of nitrogens with one attached hydrogen (secondary N) is 1. The third kappa shape index (κ3) is 4.32. The van der Waals surface area contributed by atoms with Crippen molar-refractivity contribution < 1.29 is 4.39 Å². The highest BCUT2D eigenvalue weighted by Crippen LogP contribution is 2.20. The molecule has 0 saturated heterocycles. The molecule has 0 radical (unpaired) electrons. The maximum absolute atomic E-state index is 13.2. The van der Waals surface area contributed by atoms with Gasteiger partial charge in [-0.3, -0.25) is 19.7 Å². The fourth-order valence-electron chi connectivity index (χ4n) is 4.22. The third-order valence-corrected chi connectivity index (χ3v) is 5.88. The van der Waals surface area contributed by atoms with Gasteiger partial charge in [-0.25, -0.2) is 9.37 Å². The number of aromatic amines is 1. The van der Waals surface area contributed by atoms with Gasteiger partial charge in [0.05, 0.1) is 28.4 Å². The molecule has 2 aliphatic heterocycles. The van der Waals surface area contributed by atoms with Crippen LogP contribution in [-0.4, -0.2) is 38.7 Å². The Balaban J connectivity index is 1.33. The number of nitrogens with zero attached hydrogens (tertiary/aromatic N) is 4. The van der Waals surface area contributed by atoms with Gasteiger partial charge in [0.25, 0.3) is 5.56 Å². The Kier molecular flexibility index (Phi) is 5.42. The largest absolute Gasteiger partial charge is 0.305 e. The lowest BCUT2D eigenvalue weighted by Crippen LogP contribution is -2.36. The molecule has 1 aromatic carbocycles.